The van der Waals surface area contributed by atoms with Gasteiger partial charge in [0.15, 0.2) is 0 Å². The maximum Gasteiger partial charge on any atom is 0.309 e. The van der Waals surface area contributed by atoms with Gasteiger partial charge in [-0.1, -0.05) is 12.1 Å². The van der Waals surface area contributed by atoms with E-state index in [1.165, 1.54) is 7.11 Å². The van der Waals surface area contributed by atoms with Gasteiger partial charge in [-0.15, -0.1) is 0 Å². The number of esters is 1. The highest BCUT2D eigenvalue weighted by atomic mass is 16.5. The molecule has 0 aliphatic heterocycles. The predicted molar refractivity (Wildman–Crippen MR) is 64.5 cm³/mol. The summed E-state index contributed by atoms with van der Waals surface area (Å²) in [6, 6.07) is 7.14. The minimum atomic E-state index is -1.01. The standard InChI is InChI=1S/C13H16O5/c1-17-11-5-3-9(4-6-11)7-10(8-12(14)15)13(16)18-2/h3-6,10H,7-8H2,1-2H3,(H,14,15). The summed E-state index contributed by atoms with van der Waals surface area (Å²) < 4.78 is 9.62. The minimum absolute atomic E-state index is 0.237. The van der Waals surface area contributed by atoms with Crippen LogP contribution >= 0.6 is 0 Å². The fraction of sp³-hybridized carbons (Fsp3) is 0.385. The molecule has 0 saturated carbocycles. The fourth-order valence-corrected chi connectivity index (χ4v) is 1.66. The zero-order valence-corrected chi connectivity index (χ0v) is 10.4. The Labute approximate surface area is 105 Å². The lowest BCUT2D eigenvalue weighted by Crippen LogP contribution is -2.22. The second kappa shape index (κ2) is 6.64. The van der Waals surface area contributed by atoms with Crippen molar-refractivity contribution in [1.29, 1.82) is 0 Å². The number of methoxy groups -OCH3 is 2. The molecule has 1 aromatic rings. The van der Waals surface area contributed by atoms with Crippen molar-refractivity contribution >= 4 is 11.9 Å². The molecule has 98 valence electrons. The number of rotatable bonds is 6. The normalized spacial score (nSPS) is 11.7. The van der Waals surface area contributed by atoms with E-state index in [-0.39, 0.29) is 6.42 Å². The molecule has 1 aromatic carbocycles. The van der Waals surface area contributed by atoms with Crippen LogP contribution in [0, 0.1) is 5.92 Å². The smallest absolute Gasteiger partial charge is 0.309 e. The minimum Gasteiger partial charge on any atom is -0.497 e. The first-order valence-corrected chi connectivity index (χ1v) is 5.49. The van der Waals surface area contributed by atoms with Crippen LogP contribution in [0.3, 0.4) is 0 Å². The molecule has 5 heteroatoms. The lowest BCUT2D eigenvalue weighted by molar-refractivity contribution is -0.150. The van der Waals surface area contributed by atoms with E-state index in [1.807, 2.05) is 0 Å². The van der Waals surface area contributed by atoms with Crippen molar-refractivity contribution in [1.82, 2.24) is 0 Å². The fourth-order valence-electron chi connectivity index (χ4n) is 1.66. The van der Waals surface area contributed by atoms with Crippen LogP contribution < -0.4 is 4.74 Å². The van der Waals surface area contributed by atoms with Crippen molar-refractivity contribution in [2.45, 2.75) is 12.8 Å². The summed E-state index contributed by atoms with van der Waals surface area (Å²) in [6.07, 6.45) is 0.0989. The molecule has 0 spiro atoms. The number of carboxylic acid groups (broad SMARTS) is 1. The number of ether oxygens (including phenoxy) is 2. The van der Waals surface area contributed by atoms with E-state index in [0.717, 1.165) is 5.56 Å². The van der Waals surface area contributed by atoms with Crippen LogP contribution in [0.5, 0.6) is 5.75 Å². The van der Waals surface area contributed by atoms with E-state index in [2.05, 4.69) is 4.74 Å². The predicted octanol–water partition coefficient (Wildman–Crippen LogP) is 1.50. The largest absolute Gasteiger partial charge is 0.497 e. The lowest BCUT2D eigenvalue weighted by atomic mass is 9.96. The first-order valence-electron chi connectivity index (χ1n) is 5.49. The molecular formula is C13H16O5. The number of carbonyl (C=O) groups is 2. The van der Waals surface area contributed by atoms with Gasteiger partial charge in [-0.05, 0) is 24.1 Å². The Kier molecular flexibility index (Phi) is 5.17. The van der Waals surface area contributed by atoms with Crippen molar-refractivity contribution in [2.24, 2.45) is 5.92 Å². The van der Waals surface area contributed by atoms with E-state index >= 15 is 0 Å². The topological polar surface area (TPSA) is 72.8 Å². The monoisotopic (exact) mass is 252 g/mol. The molecule has 0 aromatic heterocycles. The first-order chi connectivity index (χ1) is 8.56. The van der Waals surface area contributed by atoms with Gasteiger partial charge in [-0.25, -0.2) is 0 Å². The molecule has 1 atom stereocenters. The van der Waals surface area contributed by atoms with Crippen molar-refractivity contribution in [3.63, 3.8) is 0 Å². The molecule has 1 rings (SSSR count). The molecule has 0 bridgehead atoms. The SMILES string of the molecule is COC(=O)C(CC(=O)O)Cc1ccc(OC)cc1. The number of benzene rings is 1. The average molecular weight is 252 g/mol. The molecule has 5 nitrogen and oxygen atoms in total. The second-order valence-electron chi connectivity index (χ2n) is 3.87. The van der Waals surface area contributed by atoms with E-state index < -0.39 is 17.9 Å². The highest BCUT2D eigenvalue weighted by Gasteiger charge is 2.22. The van der Waals surface area contributed by atoms with E-state index in [0.29, 0.717) is 12.2 Å². The zero-order valence-electron chi connectivity index (χ0n) is 10.4. The van der Waals surface area contributed by atoms with Gasteiger partial charge in [0, 0.05) is 0 Å². The van der Waals surface area contributed by atoms with Crippen LogP contribution in [0.4, 0.5) is 0 Å². The lowest BCUT2D eigenvalue weighted by Gasteiger charge is -2.12. The zero-order chi connectivity index (χ0) is 13.5. The van der Waals surface area contributed by atoms with Crippen LogP contribution in [0.1, 0.15) is 12.0 Å². The third-order valence-electron chi connectivity index (χ3n) is 2.60. The molecule has 1 unspecified atom stereocenters. The number of aliphatic carboxylic acids is 1. The van der Waals surface area contributed by atoms with Gasteiger partial charge in [0.05, 0.1) is 26.6 Å². The van der Waals surface area contributed by atoms with E-state index in [1.54, 1.807) is 31.4 Å². The van der Waals surface area contributed by atoms with Gasteiger partial charge in [0.1, 0.15) is 5.75 Å². The van der Waals surface area contributed by atoms with Crippen molar-refractivity contribution in [3.05, 3.63) is 29.8 Å². The van der Waals surface area contributed by atoms with Gasteiger partial charge >= 0.3 is 11.9 Å². The summed E-state index contributed by atoms with van der Waals surface area (Å²) in [4.78, 5) is 22.2. The Hall–Kier alpha value is -2.04. The quantitative estimate of drug-likeness (QED) is 0.777. The summed E-state index contributed by atoms with van der Waals surface area (Å²) in [5, 5.41) is 8.76. The summed E-state index contributed by atoms with van der Waals surface area (Å²) in [7, 11) is 2.82. The summed E-state index contributed by atoms with van der Waals surface area (Å²) >= 11 is 0. The highest BCUT2D eigenvalue weighted by Crippen LogP contribution is 2.17. The van der Waals surface area contributed by atoms with Crippen LogP contribution in [-0.2, 0) is 20.7 Å². The van der Waals surface area contributed by atoms with Crippen LogP contribution in [0.25, 0.3) is 0 Å². The number of hydrogen-bond acceptors (Lipinski definition) is 4. The molecule has 1 N–H and O–H groups in total. The van der Waals surface area contributed by atoms with Crippen molar-refractivity contribution < 1.29 is 24.2 Å². The Balaban J connectivity index is 2.75. The summed E-state index contributed by atoms with van der Waals surface area (Å²) in [5.74, 6) is -1.47. The van der Waals surface area contributed by atoms with Crippen molar-refractivity contribution in [3.8, 4) is 5.75 Å². The third kappa shape index (κ3) is 4.08. The van der Waals surface area contributed by atoms with Crippen LogP contribution in [-0.4, -0.2) is 31.3 Å². The summed E-state index contributed by atoms with van der Waals surface area (Å²) in [5.41, 5.74) is 0.868. The van der Waals surface area contributed by atoms with Gasteiger partial charge in [0.2, 0.25) is 0 Å². The van der Waals surface area contributed by atoms with E-state index in [9.17, 15) is 9.59 Å². The first kappa shape index (κ1) is 14.0. The Bertz CT molecular complexity index is 410. The molecule has 0 aliphatic carbocycles. The Morgan fingerprint density at radius 3 is 2.28 bits per heavy atom. The average Bonchev–Trinajstić information content (AvgIpc) is 2.37. The Morgan fingerprint density at radius 1 is 1.22 bits per heavy atom. The van der Waals surface area contributed by atoms with Gasteiger partial charge in [0.25, 0.3) is 0 Å². The summed E-state index contributed by atoms with van der Waals surface area (Å²) in [6.45, 7) is 0. The molecule has 0 fully saturated rings. The molecule has 0 heterocycles. The highest BCUT2D eigenvalue weighted by molar-refractivity contribution is 5.79. The van der Waals surface area contributed by atoms with Gasteiger partial charge in [-0.3, -0.25) is 9.59 Å². The molecule has 0 aliphatic rings. The number of carbonyl (C=O) groups excluding carboxylic acids is 1. The van der Waals surface area contributed by atoms with Crippen LogP contribution in [0.2, 0.25) is 0 Å². The van der Waals surface area contributed by atoms with Crippen LogP contribution in [0.15, 0.2) is 24.3 Å². The second-order valence-corrected chi connectivity index (χ2v) is 3.87. The molecule has 0 radical (unpaired) electrons. The molecule has 0 amide bonds. The molecule has 18 heavy (non-hydrogen) atoms. The number of carboxylic acids is 1. The van der Waals surface area contributed by atoms with Gasteiger partial charge < -0.3 is 14.6 Å². The maximum atomic E-state index is 11.5. The number of hydrogen-bond donors (Lipinski definition) is 1. The maximum absolute atomic E-state index is 11.5. The molecular weight excluding hydrogens is 236 g/mol. The third-order valence-corrected chi connectivity index (χ3v) is 2.60. The van der Waals surface area contributed by atoms with E-state index in [4.69, 9.17) is 9.84 Å². The molecule has 0 saturated heterocycles. The van der Waals surface area contributed by atoms with Crippen molar-refractivity contribution in [2.75, 3.05) is 14.2 Å². The Morgan fingerprint density at radius 2 is 1.83 bits per heavy atom. The van der Waals surface area contributed by atoms with Gasteiger partial charge in [-0.2, -0.15) is 0 Å².